The van der Waals surface area contributed by atoms with Gasteiger partial charge in [-0.25, -0.2) is 0 Å². The van der Waals surface area contributed by atoms with Crippen molar-refractivity contribution in [3.8, 4) is 0 Å². The standard InChI is InChI=1S/C13H25NO/c1-11(2,3)13(12(4,5)6)7-10(15)8-14-9-13/h14H,7-9H2,1-6H3. The van der Waals surface area contributed by atoms with Gasteiger partial charge in [0.1, 0.15) is 5.78 Å². The van der Waals surface area contributed by atoms with Crippen LogP contribution in [0, 0.1) is 16.2 Å². The fraction of sp³-hybridized carbons (Fsp3) is 0.923. The maximum absolute atomic E-state index is 11.7. The summed E-state index contributed by atoms with van der Waals surface area (Å²) < 4.78 is 0. The van der Waals surface area contributed by atoms with Gasteiger partial charge in [0.15, 0.2) is 0 Å². The van der Waals surface area contributed by atoms with Crippen LogP contribution in [0.3, 0.4) is 0 Å². The van der Waals surface area contributed by atoms with Crippen molar-refractivity contribution in [2.45, 2.75) is 48.0 Å². The molecule has 0 saturated carbocycles. The zero-order valence-corrected chi connectivity index (χ0v) is 11.0. The molecule has 2 heteroatoms. The van der Waals surface area contributed by atoms with Gasteiger partial charge in [-0.3, -0.25) is 4.79 Å². The molecule has 0 radical (unpaired) electrons. The predicted octanol–water partition coefficient (Wildman–Crippen LogP) is 2.63. The lowest BCUT2D eigenvalue weighted by Crippen LogP contribution is -2.58. The summed E-state index contributed by atoms with van der Waals surface area (Å²) >= 11 is 0. The Morgan fingerprint density at radius 2 is 1.53 bits per heavy atom. The second-order valence-electron chi connectivity index (χ2n) is 6.90. The molecule has 1 heterocycles. The van der Waals surface area contributed by atoms with Gasteiger partial charge in [-0.15, -0.1) is 0 Å². The summed E-state index contributed by atoms with van der Waals surface area (Å²) in [6, 6.07) is 0. The van der Waals surface area contributed by atoms with Crippen molar-refractivity contribution in [1.29, 1.82) is 0 Å². The Hall–Kier alpha value is -0.370. The van der Waals surface area contributed by atoms with Crippen molar-refractivity contribution in [2.24, 2.45) is 16.2 Å². The van der Waals surface area contributed by atoms with E-state index in [2.05, 4.69) is 46.9 Å². The van der Waals surface area contributed by atoms with Gasteiger partial charge in [0.25, 0.3) is 0 Å². The van der Waals surface area contributed by atoms with Crippen LogP contribution >= 0.6 is 0 Å². The van der Waals surface area contributed by atoms with Crippen LogP contribution in [0.15, 0.2) is 0 Å². The molecule has 1 aliphatic heterocycles. The SMILES string of the molecule is CC(C)(C)C1(C(C)(C)C)CNCC(=O)C1. The molecule has 0 atom stereocenters. The second kappa shape index (κ2) is 3.58. The number of carbonyl (C=O) groups is 1. The lowest BCUT2D eigenvalue weighted by Gasteiger charge is -2.55. The van der Waals surface area contributed by atoms with Crippen molar-refractivity contribution in [1.82, 2.24) is 5.32 Å². The Morgan fingerprint density at radius 1 is 1.07 bits per heavy atom. The molecule has 0 unspecified atom stereocenters. The van der Waals surface area contributed by atoms with Crippen LogP contribution in [0.5, 0.6) is 0 Å². The molecule has 0 aliphatic carbocycles. The zero-order valence-electron chi connectivity index (χ0n) is 11.0. The van der Waals surface area contributed by atoms with Gasteiger partial charge in [-0.2, -0.15) is 0 Å². The Labute approximate surface area is 93.8 Å². The Morgan fingerprint density at radius 3 is 1.80 bits per heavy atom. The zero-order chi connectivity index (χ0) is 11.9. The molecule has 0 amide bonds. The third-order valence-electron chi connectivity index (χ3n) is 4.12. The number of hydrogen-bond acceptors (Lipinski definition) is 2. The molecule has 0 aromatic carbocycles. The number of piperidine rings is 1. The highest BCUT2D eigenvalue weighted by atomic mass is 16.1. The van der Waals surface area contributed by atoms with E-state index in [4.69, 9.17) is 0 Å². The van der Waals surface area contributed by atoms with Crippen molar-refractivity contribution >= 4 is 5.78 Å². The van der Waals surface area contributed by atoms with Crippen LogP contribution in [0.2, 0.25) is 0 Å². The van der Waals surface area contributed by atoms with Gasteiger partial charge >= 0.3 is 0 Å². The lowest BCUT2D eigenvalue weighted by molar-refractivity contribution is -0.132. The molecule has 2 nitrogen and oxygen atoms in total. The molecule has 1 N–H and O–H groups in total. The first-order chi connectivity index (χ1) is 6.60. The first kappa shape index (κ1) is 12.7. The maximum atomic E-state index is 11.7. The minimum Gasteiger partial charge on any atom is -0.309 e. The van der Waals surface area contributed by atoms with Crippen molar-refractivity contribution in [3.05, 3.63) is 0 Å². The van der Waals surface area contributed by atoms with Gasteiger partial charge in [0, 0.05) is 13.0 Å². The number of rotatable bonds is 0. The Bertz CT molecular complexity index is 241. The maximum Gasteiger partial charge on any atom is 0.147 e. The van der Waals surface area contributed by atoms with Crippen LogP contribution in [0.1, 0.15) is 48.0 Å². The molecule has 1 fully saturated rings. The van der Waals surface area contributed by atoms with Crippen LogP contribution in [0.4, 0.5) is 0 Å². The lowest BCUT2D eigenvalue weighted by atomic mass is 9.51. The topological polar surface area (TPSA) is 29.1 Å². The third kappa shape index (κ3) is 2.10. The molecule has 1 aliphatic rings. The molecular formula is C13H25NO. The van der Waals surface area contributed by atoms with E-state index < -0.39 is 0 Å². The summed E-state index contributed by atoms with van der Waals surface area (Å²) in [6.07, 6.45) is 0.715. The summed E-state index contributed by atoms with van der Waals surface area (Å²) in [5.41, 5.74) is 0.359. The Kier molecular flexibility index (Phi) is 3.03. The summed E-state index contributed by atoms with van der Waals surface area (Å²) in [5.74, 6) is 0.353. The van der Waals surface area contributed by atoms with E-state index in [1.807, 2.05) is 0 Å². The number of carbonyl (C=O) groups excluding carboxylic acids is 1. The third-order valence-corrected chi connectivity index (χ3v) is 4.12. The highest BCUT2D eigenvalue weighted by molar-refractivity contribution is 5.82. The molecular weight excluding hydrogens is 186 g/mol. The van der Waals surface area contributed by atoms with E-state index >= 15 is 0 Å². The number of hydrogen-bond donors (Lipinski definition) is 1. The molecule has 0 aromatic heterocycles. The van der Waals surface area contributed by atoms with Crippen molar-refractivity contribution in [3.63, 3.8) is 0 Å². The van der Waals surface area contributed by atoms with Crippen LogP contribution < -0.4 is 5.32 Å². The summed E-state index contributed by atoms with van der Waals surface area (Å²) in [7, 11) is 0. The highest BCUT2D eigenvalue weighted by Crippen LogP contribution is 2.54. The van der Waals surface area contributed by atoms with E-state index in [-0.39, 0.29) is 16.2 Å². The fourth-order valence-corrected chi connectivity index (χ4v) is 3.06. The summed E-state index contributed by atoms with van der Waals surface area (Å²) in [6.45, 7) is 15.0. The van der Waals surface area contributed by atoms with E-state index in [0.29, 0.717) is 18.7 Å². The van der Waals surface area contributed by atoms with Gasteiger partial charge in [-0.1, -0.05) is 41.5 Å². The quantitative estimate of drug-likeness (QED) is 0.667. The van der Waals surface area contributed by atoms with Crippen LogP contribution in [-0.4, -0.2) is 18.9 Å². The predicted molar refractivity (Wildman–Crippen MR) is 63.8 cm³/mol. The van der Waals surface area contributed by atoms with Crippen LogP contribution in [0.25, 0.3) is 0 Å². The average molecular weight is 211 g/mol. The minimum absolute atomic E-state index is 0.0648. The minimum atomic E-state index is 0.0648. The average Bonchev–Trinajstić information content (AvgIpc) is 1.99. The normalized spacial score (nSPS) is 22.9. The van der Waals surface area contributed by atoms with E-state index in [0.717, 1.165) is 6.54 Å². The second-order valence-corrected chi connectivity index (χ2v) is 6.90. The molecule has 1 saturated heterocycles. The first-order valence-electron chi connectivity index (χ1n) is 5.83. The highest BCUT2D eigenvalue weighted by Gasteiger charge is 2.52. The monoisotopic (exact) mass is 211 g/mol. The molecule has 1 rings (SSSR count). The van der Waals surface area contributed by atoms with Gasteiger partial charge < -0.3 is 5.32 Å². The van der Waals surface area contributed by atoms with Gasteiger partial charge in [0.2, 0.25) is 0 Å². The summed E-state index contributed by atoms with van der Waals surface area (Å²) in [4.78, 5) is 11.7. The number of ketones is 1. The van der Waals surface area contributed by atoms with E-state index in [1.54, 1.807) is 0 Å². The molecule has 0 aromatic rings. The number of nitrogens with one attached hydrogen (secondary N) is 1. The van der Waals surface area contributed by atoms with Crippen molar-refractivity contribution in [2.75, 3.05) is 13.1 Å². The molecule has 15 heavy (non-hydrogen) atoms. The van der Waals surface area contributed by atoms with Gasteiger partial charge in [-0.05, 0) is 16.2 Å². The Balaban J connectivity index is 3.13. The summed E-state index contributed by atoms with van der Waals surface area (Å²) in [5, 5.41) is 3.29. The largest absolute Gasteiger partial charge is 0.309 e. The van der Waals surface area contributed by atoms with Crippen molar-refractivity contribution < 1.29 is 4.79 Å². The van der Waals surface area contributed by atoms with E-state index in [1.165, 1.54) is 0 Å². The smallest absolute Gasteiger partial charge is 0.147 e. The van der Waals surface area contributed by atoms with Crippen LogP contribution in [-0.2, 0) is 4.79 Å². The van der Waals surface area contributed by atoms with Gasteiger partial charge in [0.05, 0.1) is 6.54 Å². The molecule has 0 spiro atoms. The molecule has 88 valence electrons. The first-order valence-corrected chi connectivity index (χ1v) is 5.83. The fourth-order valence-electron chi connectivity index (χ4n) is 3.06. The molecule has 0 bridgehead atoms. The number of Topliss-reactive ketones (excluding diaryl/α,β-unsaturated/α-hetero) is 1. The van der Waals surface area contributed by atoms with E-state index in [9.17, 15) is 4.79 Å².